The zero-order valence-electron chi connectivity index (χ0n) is 23.2. The number of aryl methyl sites for hydroxylation is 1. The smallest absolute Gasteiger partial charge is 0.192 e. The summed E-state index contributed by atoms with van der Waals surface area (Å²) in [6.45, 7) is 25.0. The molecule has 0 saturated carbocycles. The molecule has 0 bridgehead atoms. The van der Waals surface area contributed by atoms with E-state index in [4.69, 9.17) is 13.6 Å². The Morgan fingerprint density at radius 2 is 1.53 bits per heavy atom. The van der Waals surface area contributed by atoms with Gasteiger partial charge in [-0.15, -0.1) is 0 Å². The first kappa shape index (κ1) is 27.6. The molecule has 1 saturated heterocycles. The number of hydrogen-bond acceptors (Lipinski definition) is 4. The second-order valence-corrected chi connectivity index (χ2v) is 22.6. The summed E-state index contributed by atoms with van der Waals surface area (Å²) in [5, 5.41) is 14.1. The zero-order valence-corrected chi connectivity index (χ0v) is 25.2. The topological polar surface area (TPSA) is 47.9 Å². The molecule has 0 spiro atoms. The third-order valence-corrected chi connectivity index (χ3v) is 17.4. The van der Waals surface area contributed by atoms with Gasteiger partial charge in [0.15, 0.2) is 16.6 Å². The molecule has 6 heteroatoms. The highest BCUT2D eigenvalue weighted by atomic mass is 28.4. The van der Waals surface area contributed by atoms with E-state index in [1.54, 1.807) is 0 Å². The normalized spacial score (nSPS) is 24.7. The summed E-state index contributed by atoms with van der Waals surface area (Å²) < 4.78 is 19.9. The van der Waals surface area contributed by atoms with Crippen LogP contribution in [0.3, 0.4) is 0 Å². The predicted octanol–water partition coefficient (Wildman–Crippen LogP) is 7.36. The van der Waals surface area contributed by atoms with Crippen LogP contribution in [-0.4, -0.2) is 46.7 Å². The van der Waals surface area contributed by atoms with E-state index in [9.17, 15) is 5.11 Å². The summed E-state index contributed by atoms with van der Waals surface area (Å²) in [4.78, 5) is 0. The fourth-order valence-electron chi connectivity index (χ4n) is 3.94. The molecule has 0 aliphatic carbocycles. The van der Waals surface area contributed by atoms with Crippen molar-refractivity contribution in [1.82, 2.24) is 0 Å². The van der Waals surface area contributed by atoms with E-state index in [0.29, 0.717) is 6.61 Å². The third kappa shape index (κ3) is 5.52. The van der Waals surface area contributed by atoms with Crippen LogP contribution in [0.2, 0.25) is 36.3 Å². The van der Waals surface area contributed by atoms with E-state index in [-0.39, 0.29) is 16.2 Å². The minimum Gasteiger partial charge on any atom is -0.414 e. The van der Waals surface area contributed by atoms with Crippen molar-refractivity contribution in [1.29, 1.82) is 0 Å². The van der Waals surface area contributed by atoms with E-state index in [1.807, 2.05) is 0 Å². The van der Waals surface area contributed by atoms with Crippen LogP contribution in [-0.2, 0) is 13.6 Å². The molecule has 2 aromatic rings. The van der Waals surface area contributed by atoms with Gasteiger partial charge in [-0.2, -0.15) is 0 Å². The quantitative estimate of drug-likeness (QED) is 0.419. The third-order valence-electron chi connectivity index (χ3n) is 8.44. The van der Waals surface area contributed by atoms with Crippen LogP contribution in [0.25, 0.3) is 10.8 Å². The van der Waals surface area contributed by atoms with Crippen molar-refractivity contribution in [2.75, 3.05) is 6.61 Å². The maximum Gasteiger partial charge on any atom is 0.192 e. The molecule has 4 atom stereocenters. The maximum absolute atomic E-state index is 11.6. The van der Waals surface area contributed by atoms with Gasteiger partial charge in [0, 0.05) is 0 Å². The Balaban J connectivity index is 1.93. The van der Waals surface area contributed by atoms with Gasteiger partial charge in [0.2, 0.25) is 0 Å². The van der Waals surface area contributed by atoms with Crippen LogP contribution in [0, 0.1) is 6.92 Å². The van der Waals surface area contributed by atoms with Gasteiger partial charge in [-0.05, 0) is 71.2 Å². The zero-order chi connectivity index (χ0) is 25.7. The molecule has 4 nitrogen and oxygen atoms in total. The molecular weight excluding hydrogens is 456 g/mol. The Kier molecular flexibility index (Phi) is 7.66. The van der Waals surface area contributed by atoms with Crippen LogP contribution >= 0.6 is 0 Å². The number of benzene rings is 2. The lowest BCUT2D eigenvalue weighted by molar-refractivity contribution is -0.0174. The first-order chi connectivity index (χ1) is 15.4. The maximum atomic E-state index is 11.6. The number of aliphatic hydroxyl groups excluding tert-OH is 1. The fourth-order valence-corrected chi connectivity index (χ4v) is 6.28. The molecule has 1 N–H and O–H groups in total. The number of rotatable bonds is 6. The minimum atomic E-state index is -2.13. The molecular formula is C28H46O4Si2. The SMILES string of the molecule is Cc1cccc2ccc([C@@H]3O[C@H](CO[Si](C)(C)C(C)(C)C)[C@@H](O[Si](C)(C)C(C)(C)C)[C@@H]3O)cc12. The van der Waals surface area contributed by atoms with Crippen LogP contribution in [0.4, 0.5) is 0 Å². The Labute approximate surface area is 209 Å². The van der Waals surface area contributed by atoms with Crippen molar-refractivity contribution in [3.05, 3.63) is 47.5 Å². The molecule has 190 valence electrons. The van der Waals surface area contributed by atoms with Crippen LogP contribution in [0.1, 0.15) is 58.8 Å². The molecule has 1 fully saturated rings. The molecule has 2 aromatic carbocycles. The van der Waals surface area contributed by atoms with E-state index in [2.05, 4.69) is 111 Å². The van der Waals surface area contributed by atoms with Crippen LogP contribution in [0.15, 0.2) is 36.4 Å². The first-order valence-electron chi connectivity index (χ1n) is 12.6. The Morgan fingerprint density at radius 1 is 0.912 bits per heavy atom. The summed E-state index contributed by atoms with van der Waals surface area (Å²) in [6, 6.07) is 12.7. The summed E-state index contributed by atoms with van der Waals surface area (Å²) in [7, 11) is -4.10. The van der Waals surface area contributed by atoms with Crippen molar-refractivity contribution in [3.8, 4) is 0 Å². The van der Waals surface area contributed by atoms with Crippen molar-refractivity contribution < 1.29 is 18.7 Å². The van der Waals surface area contributed by atoms with Crippen LogP contribution < -0.4 is 0 Å². The highest BCUT2D eigenvalue weighted by Gasteiger charge is 2.51. The van der Waals surface area contributed by atoms with E-state index in [1.165, 1.54) is 16.3 Å². The molecule has 34 heavy (non-hydrogen) atoms. The average Bonchev–Trinajstić information content (AvgIpc) is 3.00. The Hall–Kier alpha value is -1.03. The molecule has 0 aromatic heterocycles. The highest BCUT2D eigenvalue weighted by Crippen LogP contribution is 2.44. The van der Waals surface area contributed by atoms with Gasteiger partial charge >= 0.3 is 0 Å². The lowest BCUT2D eigenvalue weighted by Gasteiger charge is -2.41. The van der Waals surface area contributed by atoms with E-state index >= 15 is 0 Å². The van der Waals surface area contributed by atoms with Crippen molar-refractivity contribution in [2.45, 2.75) is 109 Å². The summed E-state index contributed by atoms with van der Waals surface area (Å²) >= 11 is 0. The summed E-state index contributed by atoms with van der Waals surface area (Å²) in [6.07, 6.45) is -1.91. The Bertz CT molecular complexity index is 1000. The van der Waals surface area contributed by atoms with E-state index in [0.717, 1.165) is 5.56 Å². The molecule has 0 unspecified atom stereocenters. The van der Waals surface area contributed by atoms with Crippen molar-refractivity contribution in [3.63, 3.8) is 0 Å². The number of fused-ring (bicyclic) bond motifs is 1. The molecule has 1 heterocycles. The second-order valence-electron chi connectivity index (χ2n) is 13.1. The summed E-state index contributed by atoms with van der Waals surface area (Å²) in [5.41, 5.74) is 2.21. The second kappa shape index (κ2) is 9.45. The van der Waals surface area contributed by atoms with Crippen molar-refractivity contribution in [2.24, 2.45) is 0 Å². The molecule has 3 rings (SSSR count). The van der Waals surface area contributed by atoms with Gasteiger partial charge < -0.3 is 18.7 Å². The monoisotopic (exact) mass is 502 g/mol. The average molecular weight is 503 g/mol. The summed E-state index contributed by atoms with van der Waals surface area (Å²) in [5.74, 6) is 0. The Morgan fingerprint density at radius 3 is 2.12 bits per heavy atom. The molecule has 0 amide bonds. The predicted molar refractivity (Wildman–Crippen MR) is 148 cm³/mol. The minimum absolute atomic E-state index is 0.0374. The van der Waals surface area contributed by atoms with Crippen molar-refractivity contribution >= 4 is 27.4 Å². The molecule has 1 aliphatic heterocycles. The largest absolute Gasteiger partial charge is 0.414 e. The standard InChI is InChI=1S/C28H46O4Si2/c1-19-13-12-14-20-15-16-21(17-22(19)20)25-24(29)26(32-34(10,11)28(5,6)7)23(31-25)18-30-33(8,9)27(2,3)4/h12-17,23-26,29H,18H2,1-11H3/t23-,24-,25+,26-/m1/s1. The van der Waals surface area contributed by atoms with Gasteiger partial charge in [0.25, 0.3) is 0 Å². The number of ether oxygens (including phenoxy) is 1. The van der Waals surface area contributed by atoms with Gasteiger partial charge in [-0.1, -0.05) is 71.9 Å². The fraction of sp³-hybridized carbons (Fsp3) is 0.643. The van der Waals surface area contributed by atoms with Gasteiger partial charge in [0.1, 0.15) is 24.4 Å². The van der Waals surface area contributed by atoms with Gasteiger partial charge in [-0.3, -0.25) is 0 Å². The van der Waals surface area contributed by atoms with Gasteiger partial charge in [0.05, 0.1) is 6.61 Å². The van der Waals surface area contributed by atoms with E-state index < -0.39 is 34.9 Å². The highest BCUT2D eigenvalue weighted by molar-refractivity contribution is 6.74. The first-order valence-corrected chi connectivity index (χ1v) is 18.4. The number of hydrogen-bond donors (Lipinski definition) is 1. The molecule has 0 radical (unpaired) electrons. The lowest BCUT2D eigenvalue weighted by Crippen LogP contribution is -2.51. The number of aliphatic hydroxyl groups is 1. The van der Waals surface area contributed by atoms with Crippen LogP contribution in [0.5, 0.6) is 0 Å². The lowest BCUT2D eigenvalue weighted by atomic mass is 9.97. The molecule has 1 aliphatic rings. The van der Waals surface area contributed by atoms with Gasteiger partial charge in [-0.25, -0.2) is 0 Å².